The summed E-state index contributed by atoms with van der Waals surface area (Å²) in [6, 6.07) is 0.0439. The van der Waals surface area contributed by atoms with E-state index < -0.39 is 0 Å². The van der Waals surface area contributed by atoms with Crippen LogP contribution >= 0.6 is 0 Å². The van der Waals surface area contributed by atoms with Gasteiger partial charge in [-0.1, -0.05) is 40.5 Å². The number of carbonyl (C=O) groups is 1. The van der Waals surface area contributed by atoms with Crippen LogP contribution in [0.25, 0.3) is 0 Å². The van der Waals surface area contributed by atoms with Gasteiger partial charge in [0.05, 0.1) is 12.2 Å². The number of hydrogen-bond donors (Lipinski definition) is 1. The number of nitrogens with zero attached hydrogens (tertiary/aromatic N) is 1. The van der Waals surface area contributed by atoms with Crippen molar-refractivity contribution in [2.24, 2.45) is 11.3 Å². The maximum absolute atomic E-state index is 12.4. The van der Waals surface area contributed by atoms with Gasteiger partial charge in [-0.05, 0) is 30.6 Å². The molecular formula is C15H28N2O. The van der Waals surface area contributed by atoms with Crippen molar-refractivity contribution >= 4 is 5.91 Å². The molecule has 18 heavy (non-hydrogen) atoms. The summed E-state index contributed by atoms with van der Waals surface area (Å²) in [6.07, 6.45) is 6.34. The quantitative estimate of drug-likeness (QED) is 0.834. The standard InChI is InChI=1S/C15H28N2O/c1-5-12-14(18)17(13(16-12)11(2)3)10-15(4)8-6-7-9-15/h11-13,16H,5-10H2,1-4H3. The van der Waals surface area contributed by atoms with Gasteiger partial charge in [0.2, 0.25) is 5.91 Å². The summed E-state index contributed by atoms with van der Waals surface area (Å²) in [5, 5.41) is 3.51. The second kappa shape index (κ2) is 5.20. The molecule has 2 fully saturated rings. The molecule has 1 heterocycles. The van der Waals surface area contributed by atoms with Crippen molar-refractivity contribution in [1.82, 2.24) is 10.2 Å². The Labute approximate surface area is 111 Å². The molecule has 1 amide bonds. The normalized spacial score (nSPS) is 31.6. The molecule has 3 nitrogen and oxygen atoms in total. The Bertz CT molecular complexity index is 308. The van der Waals surface area contributed by atoms with E-state index >= 15 is 0 Å². The summed E-state index contributed by atoms with van der Waals surface area (Å²) >= 11 is 0. The van der Waals surface area contributed by atoms with Crippen molar-refractivity contribution in [1.29, 1.82) is 0 Å². The van der Waals surface area contributed by atoms with Crippen molar-refractivity contribution in [2.45, 2.75) is 72.0 Å². The van der Waals surface area contributed by atoms with E-state index in [0.717, 1.165) is 13.0 Å². The van der Waals surface area contributed by atoms with E-state index in [-0.39, 0.29) is 12.2 Å². The van der Waals surface area contributed by atoms with Crippen molar-refractivity contribution in [3.05, 3.63) is 0 Å². The zero-order chi connectivity index (χ0) is 13.3. The zero-order valence-electron chi connectivity index (χ0n) is 12.3. The topological polar surface area (TPSA) is 32.3 Å². The van der Waals surface area contributed by atoms with Crippen LogP contribution in [-0.2, 0) is 4.79 Å². The summed E-state index contributed by atoms with van der Waals surface area (Å²) in [5.74, 6) is 0.805. The summed E-state index contributed by atoms with van der Waals surface area (Å²) in [6.45, 7) is 9.79. The minimum absolute atomic E-state index is 0.0439. The lowest BCUT2D eigenvalue weighted by molar-refractivity contribution is -0.132. The van der Waals surface area contributed by atoms with Crippen LogP contribution in [0.3, 0.4) is 0 Å². The molecule has 1 aliphatic carbocycles. The Hall–Kier alpha value is -0.570. The predicted molar refractivity (Wildman–Crippen MR) is 74.1 cm³/mol. The maximum atomic E-state index is 12.4. The van der Waals surface area contributed by atoms with E-state index in [1.54, 1.807) is 0 Å². The van der Waals surface area contributed by atoms with Crippen LogP contribution in [0, 0.1) is 11.3 Å². The van der Waals surface area contributed by atoms with Gasteiger partial charge in [-0.25, -0.2) is 0 Å². The summed E-state index contributed by atoms with van der Waals surface area (Å²) < 4.78 is 0. The lowest BCUT2D eigenvalue weighted by atomic mass is 9.88. The van der Waals surface area contributed by atoms with E-state index in [4.69, 9.17) is 0 Å². The van der Waals surface area contributed by atoms with Crippen LogP contribution in [0.4, 0.5) is 0 Å². The number of nitrogens with one attached hydrogen (secondary N) is 1. The summed E-state index contributed by atoms with van der Waals surface area (Å²) in [5.41, 5.74) is 0.354. The molecule has 2 unspecified atom stereocenters. The van der Waals surface area contributed by atoms with Crippen LogP contribution < -0.4 is 5.32 Å². The van der Waals surface area contributed by atoms with Gasteiger partial charge >= 0.3 is 0 Å². The predicted octanol–water partition coefficient (Wildman–Crippen LogP) is 2.76. The van der Waals surface area contributed by atoms with E-state index in [0.29, 0.717) is 17.2 Å². The highest BCUT2D eigenvalue weighted by Gasteiger charge is 2.43. The van der Waals surface area contributed by atoms with Crippen LogP contribution in [0.1, 0.15) is 59.8 Å². The molecule has 0 bridgehead atoms. The Morgan fingerprint density at radius 1 is 1.39 bits per heavy atom. The van der Waals surface area contributed by atoms with E-state index in [2.05, 4.69) is 37.9 Å². The fourth-order valence-corrected chi connectivity index (χ4v) is 3.52. The Balaban J connectivity index is 2.10. The van der Waals surface area contributed by atoms with Gasteiger partial charge in [0.25, 0.3) is 0 Å². The average molecular weight is 252 g/mol. The molecule has 1 aliphatic heterocycles. The third-order valence-electron chi connectivity index (χ3n) is 4.69. The smallest absolute Gasteiger partial charge is 0.241 e. The van der Waals surface area contributed by atoms with Gasteiger partial charge in [0.1, 0.15) is 0 Å². The molecule has 0 radical (unpaired) electrons. The molecule has 1 saturated heterocycles. The number of carbonyl (C=O) groups excluding carboxylic acids is 1. The third kappa shape index (κ3) is 2.56. The molecule has 3 heteroatoms. The largest absolute Gasteiger partial charge is 0.325 e. The first-order valence-electron chi connectivity index (χ1n) is 7.53. The second-order valence-corrected chi connectivity index (χ2v) is 6.80. The molecule has 0 aromatic carbocycles. The van der Waals surface area contributed by atoms with Crippen molar-refractivity contribution in [2.75, 3.05) is 6.54 Å². The highest BCUT2D eigenvalue weighted by molar-refractivity contribution is 5.84. The molecular weight excluding hydrogens is 224 g/mol. The molecule has 0 aromatic rings. The number of rotatable bonds is 4. The van der Waals surface area contributed by atoms with Crippen LogP contribution in [0.5, 0.6) is 0 Å². The second-order valence-electron chi connectivity index (χ2n) is 6.80. The molecule has 2 rings (SSSR count). The summed E-state index contributed by atoms with van der Waals surface area (Å²) in [4.78, 5) is 14.6. The lowest BCUT2D eigenvalue weighted by Crippen LogP contribution is -2.45. The highest BCUT2D eigenvalue weighted by Crippen LogP contribution is 2.39. The highest BCUT2D eigenvalue weighted by atomic mass is 16.2. The van der Waals surface area contributed by atoms with Crippen molar-refractivity contribution in [3.8, 4) is 0 Å². The van der Waals surface area contributed by atoms with E-state index in [9.17, 15) is 4.79 Å². The minimum Gasteiger partial charge on any atom is -0.325 e. The fourth-order valence-electron chi connectivity index (χ4n) is 3.52. The first-order valence-corrected chi connectivity index (χ1v) is 7.53. The first-order chi connectivity index (χ1) is 8.47. The molecule has 2 aliphatic rings. The maximum Gasteiger partial charge on any atom is 0.241 e. The minimum atomic E-state index is 0.0439. The van der Waals surface area contributed by atoms with Gasteiger partial charge in [-0.15, -0.1) is 0 Å². The lowest BCUT2D eigenvalue weighted by Gasteiger charge is -2.34. The molecule has 1 saturated carbocycles. The Morgan fingerprint density at radius 3 is 2.50 bits per heavy atom. The van der Waals surface area contributed by atoms with Gasteiger partial charge in [0, 0.05) is 6.54 Å². The molecule has 104 valence electrons. The van der Waals surface area contributed by atoms with E-state index in [1.165, 1.54) is 25.7 Å². The van der Waals surface area contributed by atoms with Crippen molar-refractivity contribution in [3.63, 3.8) is 0 Å². The van der Waals surface area contributed by atoms with Crippen LogP contribution in [-0.4, -0.2) is 29.6 Å². The number of hydrogen-bond acceptors (Lipinski definition) is 2. The average Bonchev–Trinajstić information content (AvgIpc) is 2.86. The van der Waals surface area contributed by atoms with Crippen LogP contribution in [0.15, 0.2) is 0 Å². The third-order valence-corrected chi connectivity index (χ3v) is 4.69. The monoisotopic (exact) mass is 252 g/mol. The SMILES string of the molecule is CCC1NC(C(C)C)N(CC2(C)CCCC2)C1=O. The van der Waals surface area contributed by atoms with Gasteiger partial charge in [-0.3, -0.25) is 10.1 Å². The molecule has 2 atom stereocenters. The first kappa shape index (κ1) is 13.9. The summed E-state index contributed by atoms with van der Waals surface area (Å²) in [7, 11) is 0. The molecule has 0 aromatic heterocycles. The van der Waals surface area contributed by atoms with E-state index in [1.807, 2.05) is 0 Å². The fraction of sp³-hybridized carbons (Fsp3) is 0.933. The zero-order valence-corrected chi connectivity index (χ0v) is 12.3. The van der Waals surface area contributed by atoms with Gasteiger partial charge in [-0.2, -0.15) is 0 Å². The Morgan fingerprint density at radius 2 is 2.00 bits per heavy atom. The van der Waals surface area contributed by atoms with Crippen molar-refractivity contribution < 1.29 is 4.79 Å². The van der Waals surface area contributed by atoms with Crippen LogP contribution in [0.2, 0.25) is 0 Å². The molecule has 1 N–H and O–H groups in total. The Kier molecular flexibility index (Phi) is 4.00. The van der Waals surface area contributed by atoms with Gasteiger partial charge in [0.15, 0.2) is 0 Å². The number of amides is 1. The molecule has 0 spiro atoms. The van der Waals surface area contributed by atoms with Gasteiger partial charge < -0.3 is 4.90 Å².